The van der Waals surface area contributed by atoms with E-state index in [0.29, 0.717) is 30.5 Å². The number of amides is 1. The Morgan fingerprint density at radius 3 is 2.75 bits per heavy atom. The van der Waals surface area contributed by atoms with E-state index in [9.17, 15) is 14.0 Å². The average Bonchev–Trinajstić information content (AvgIpc) is 2.71. The molecule has 2 aromatic carbocycles. The molecule has 0 atom stereocenters. The zero-order chi connectivity index (χ0) is 19.9. The largest absolute Gasteiger partial charge is 0.385 e. The fourth-order valence-electron chi connectivity index (χ4n) is 2.68. The molecule has 0 bridgehead atoms. The first-order chi connectivity index (χ1) is 13.6. The zero-order valence-electron chi connectivity index (χ0n) is 15.4. The number of methoxy groups -OCH3 is 1. The van der Waals surface area contributed by atoms with Crippen molar-refractivity contribution in [3.05, 3.63) is 64.7 Å². The first-order valence-electron chi connectivity index (χ1n) is 8.77. The number of rotatable bonds is 8. The molecule has 1 heterocycles. The van der Waals surface area contributed by atoms with Crippen molar-refractivity contribution in [2.45, 2.75) is 11.6 Å². The van der Waals surface area contributed by atoms with Gasteiger partial charge in [0.05, 0.1) is 22.3 Å². The van der Waals surface area contributed by atoms with E-state index >= 15 is 0 Å². The molecular weight excluding hydrogens is 381 g/mol. The van der Waals surface area contributed by atoms with Gasteiger partial charge in [-0.05, 0) is 30.7 Å². The molecular formula is C20H20FN3O3S. The first-order valence-corrected chi connectivity index (χ1v) is 9.75. The summed E-state index contributed by atoms with van der Waals surface area (Å²) < 4.78 is 20.6. The topological polar surface area (TPSA) is 73.2 Å². The molecule has 1 N–H and O–H groups in total. The highest BCUT2D eigenvalue weighted by Crippen LogP contribution is 2.22. The van der Waals surface area contributed by atoms with Crippen LogP contribution in [0.25, 0.3) is 16.6 Å². The van der Waals surface area contributed by atoms with E-state index in [0.717, 1.165) is 11.8 Å². The van der Waals surface area contributed by atoms with Crippen LogP contribution in [0.5, 0.6) is 0 Å². The molecule has 28 heavy (non-hydrogen) atoms. The molecule has 146 valence electrons. The van der Waals surface area contributed by atoms with E-state index in [4.69, 9.17) is 4.74 Å². The van der Waals surface area contributed by atoms with E-state index in [1.807, 2.05) is 0 Å². The van der Waals surface area contributed by atoms with Crippen LogP contribution in [-0.2, 0) is 9.53 Å². The number of hydrogen-bond acceptors (Lipinski definition) is 5. The number of para-hydroxylation sites is 2. The van der Waals surface area contributed by atoms with Crippen LogP contribution >= 0.6 is 11.8 Å². The number of thioether (sulfide) groups is 1. The number of aromatic nitrogens is 2. The summed E-state index contributed by atoms with van der Waals surface area (Å²) >= 11 is 1.09. The van der Waals surface area contributed by atoms with Gasteiger partial charge in [-0.1, -0.05) is 36.0 Å². The second kappa shape index (κ2) is 9.48. The van der Waals surface area contributed by atoms with Crippen molar-refractivity contribution in [1.82, 2.24) is 14.9 Å². The van der Waals surface area contributed by atoms with Crippen molar-refractivity contribution in [3.8, 4) is 5.69 Å². The predicted octanol–water partition coefficient (Wildman–Crippen LogP) is 2.77. The summed E-state index contributed by atoms with van der Waals surface area (Å²) in [6.45, 7) is 1.06. The zero-order valence-corrected chi connectivity index (χ0v) is 16.2. The maximum Gasteiger partial charge on any atom is 0.266 e. The molecule has 0 spiro atoms. The number of nitrogens with zero attached hydrogens (tertiary/aromatic N) is 2. The average molecular weight is 401 g/mol. The Morgan fingerprint density at radius 2 is 1.96 bits per heavy atom. The molecule has 1 amide bonds. The van der Waals surface area contributed by atoms with E-state index in [1.54, 1.807) is 43.5 Å². The highest BCUT2D eigenvalue weighted by atomic mass is 32.2. The SMILES string of the molecule is COCCCNC(=O)CSc1nc2ccccc2c(=O)n1-c1ccccc1F. The van der Waals surface area contributed by atoms with Gasteiger partial charge in [0, 0.05) is 20.3 Å². The van der Waals surface area contributed by atoms with Crippen LogP contribution in [0.15, 0.2) is 58.5 Å². The third kappa shape index (κ3) is 4.58. The van der Waals surface area contributed by atoms with Gasteiger partial charge < -0.3 is 10.1 Å². The van der Waals surface area contributed by atoms with Gasteiger partial charge in [0.1, 0.15) is 5.82 Å². The van der Waals surface area contributed by atoms with Crippen molar-refractivity contribution in [2.24, 2.45) is 0 Å². The molecule has 0 radical (unpaired) electrons. The van der Waals surface area contributed by atoms with Gasteiger partial charge in [0.25, 0.3) is 5.56 Å². The van der Waals surface area contributed by atoms with Crippen molar-refractivity contribution in [2.75, 3.05) is 26.0 Å². The molecule has 0 aliphatic heterocycles. The minimum Gasteiger partial charge on any atom is -0.385 e. The molecule has 0 fully saturated rings. The first kappa shape index (κ1) is 20.0. The van der Waals surface area contributed by atoms with Gasteiger partial charge in [-0.25, -0.2) is 9.37 Å². The van der Waals surface area contributed by atoms with Crippen LogP contribution in [-0.4, -0.2) is 41.5 Å². The molecule has 8 heteroatoms. The van der Waals surface area contributed by atoms with Crippen molar-refractivity contribution >= 4 is 28.6 Å². The number of nitrogens with one attached hydrogen (secondary N) is 1. The summed E-state index contributed by atoms with van der Waals surface area (Å²) in [4.78, 5) is 29.6. The third-order valence-electron chi connectivity index (χ3n) is 4.02. The lowest BCUT2D eigenvalue weighted by Gasteiger charge is -2.13. The summed E-state index contributed by atoms with van der Waals surface area (Å²) in [5.74, 6) is -0.664. The monoisotopic (exact) mass is 401 g/mol. The summed E-state index contributed by atoms with van der Waals surface area (Å²) in [5.41, 5.74) is 0.232. The van der Waals surface area contributed by atoms with Crippen LogP contribution in [0.1, 0.15) is 6.42 Å². The van der Waals surface area contributed by atoms with E-state index in [-0.39, 0.29) is 28.1 Å². The Bertz CT molecular complexity index is 1040. The van der Waals surface area contributed by atoms with Gasteiger partial charge >= 0.3 is 0 Å². The smallest absolute Gasteiger partial charge is 0.266 e. The number of benzene rings is 2. The lowest BCUT2D eigenvalue weighted by atomic mass is 10.2. The fraction of sp³-hybridized carbons (Fsp3) is 0.250. The number of hydrogen-bond donors (Lipinski definition) is 1. The number of carbonyl (C=O) groups excluding carboxylic acids is 1. The molecule has 6 nitrogen and oxygen atoms in total. The Morgan fingerprint density at radius 1 is 1.21 bits per heavy atom. The molecule has 0 saturated heterocycles. The maximum absolute atomic E-state index is 14.4. The number of fused-ring (bicyclic) bond motifs is 1. The standard InChI is InChI=1S/C20H20FN3O3S/c1-27-12-6-11-22-18(25)13-28-20-23-16-9-4-2-7-14(16)19(26)24(20)17-10-5-3-8-15(17)21/h2-5,7-10H,6,11-13H2,1H3,(H,22,25). The number of halogens is 1. The van der Waals surface area contributed by atoms with Gasteiger partial charge in [-0.2, -0.15) is 0 Å². The van der Waals surface area contributed by atoms with Crippen LogP contribution in [0.2, 0.25) is 0 Å². The quantitative estimate of drug-likeness (QED) is 0.357. The Balaban J connectivity index is 1.92. The molecule has 0 aliphatic carbocycles. The van der Waals surface area contributed by atoms with Crippen molar-refractivity contribution in [3.63, 3.8) is 0 Å². The van der Waals surface area contributed by atoms with Gasteiger partial charge in [0.15, 0.2) is 5.16 Å². The highest BCUT2D eigenvalue weighted by Gasteiger charge is 2.16. The lowest BCUT2D eigenvalue weighted by molar-refractivity contribution is -0.118. The number of carbonyl (C=O) groups is 1. The molecule has 0 saturated carbocycles. The fourth-order valence-corrected chi connectivity index (χ4v) is 3.52. The molecule has 0 aliphatic rings. The van der Waals surface area contributed by atoms with Crippen LogP contribution in [0.3, 0.4) is 0 Å². The van der Waals surface area contributed by atoms with Crippen LogP contribution in [0.4, 0.5) is 4.39 Å². The normalized spacial score (nSPS) is 10.9. The highest BCUT2D eigenvalue weighted by molar-refractivity contribution is 7.99. The summed E-state index contributed by atoms with van der Waals surface area (Å²) in [6.07, 6.45) is 0.709. The van der Waals surface area contributed by atoms with E-state index < -0.39 is 5.82 Å². The van der Waals surface area contributed by atoms with Crippen molar-refractivity contribution < 1.29 is 13.9 Å². The second-order valence-corrected chi connectivity index (χ2v) is 6.93. The molecule has 1 aromatic heterocycles. The maximum atomic E-state index is 14.4. The molecule has 0 unspecified atom stereocenters. The molecule has 3 rings (SSSR count). The Hall–Kier alpha value is -2.71. The van der Waals surface area contributed by atoms with E-state index in [2.05, 4.69) is 10.3 Å². The lowest BCUT2D eigenvalue weighted by Crippen LogP contribution is -2.28. The van der Waals surface area contributed by atoms with Gasteiger partial charge in [0.2, 0.25) is 5.91 Å². The summed E-state index contributed by atoms with van der Waals surface area (Å²) in [7, 11) is 1.60. The van der Waals surface area contributed by atoms with Crippen LogP contribution in [0, 0.1) is 5.82 Å². The Labute approximate surface area is 165 Å². The minimum absolute atomic E-state index is 0.0617. The third-order valence-corrected chi connectivity index (χ3v) is 4.96. The molecule has 3 aromatic rings. The Kier molecular flexibility index (Phi) is 6.78. The van der Waals surface area contributed by atoms with E-state index in [1.165, 1.54) is 16.7 Å². The second-order valence-electron chi connectivity index (χ2n) is 5.99. The van der Waals surface area contributed by atoms with Gasteiger partial charge in [-0.15, -0.1) is 0 Å². The van der Waals surface area contributed by atoms with Crippen LogP contribution < -0.4 is 10.9 Å². The predicted molar refractivity (Wildman–Crippen MR) is 108 cm³/mol. The number of ether oxygens (including phenoxy) is 1. The summed E-state index contributed by atoms with van der Waals surface area (Å²) in [5, 5.41) is 3.43. The van der Waals surface area contributed by atoms with Gasteiger partial charge in [-0.3, -0.25) is 14.2 Å². The van der Waals surface area contributed by atoms with Crippen molar-refractivity contribution in [1.29, 1.82) is 0 Å². The summed E-state index contributed by atoms with van der Waals surface area (Å²) in [6, 6.07) is 12.9. The minimum atomic E-state index is -0.535.